The van der Waals surface area contributed by atoms with Crippen molar-refractivity contribution in [2.75, 3.05) is 10.8 Å². The summed E-state index contributed by atoms with van der Waals surface area (Å²) in [6.07, 6.45) is 0. The molecule has 0 N–H and O–H groups in total. The van der Waals surface area contributed by atoms with Gasteiger partial charge in [-0.3, -0.25) is 4.79 Å². The van der Waals surface area contributed by atoms with Crippen molar-refractivity contribution < 1.29 is 14.4 Å². The molecule has 0 saturated carbocycles. The topological polar surface area (TPSA) is 59.0 Å². The first-order valence-electron chi connectivity index (χ1n) is 7.09. The van der Waals surface area contributed by atoms with Crippen molar-refractivity contribution in [2.45, 2.75) is 6.54 Å². The van der Waals surface area contributed by atoms with Crippen LogP contribution in [-0.2, 0) is 21.0 Å². The summed E-state index contributed by atoms with van der Waals surface area (Å²) >= 11 is 11.4. The number of carbonyl (C=O) groups excluding carboxylic acids is 2. The van der Waals surface area contributed by atoms with E-state index >= 15 is 0 Å². The van der Waals surface area contributed by atoms with Crippen LogP contribution < -0.4 is 4.90 Å². The Morgan fingerprint density at radius 3 is 2.71 bits per heavy atom. The van der Waals surface area contributed by atoms with Gasteiger partial charge in [0.2, 0.25) is 0 Å². The van der Waals surface area contributed by atoms with Gasteiger partial charge in [0.1, 0.15) is 5.88 Å². The molecule has 5 nitrogen and oxygen atoms in total. The number of anilines is 1. The van der Waals surface area contributed by atoms with E-state index in [1.807, 2.05) is 24.3 Å². The number of benzene rings is 2. The highest BCUT2D eigenvalue weighted by Crippen LogP contribution is 2.31. The van der Waals surface area contributed by atoms with E-state index in [9.17, 15) is 9.59 Å². The number of carbonyl (C=O) groups is 2. The Bertz CT molecular complexity index is 836. The molecule has 3 rings (SSSR count). The third-order valence-electron chi connectivity index (χ3n) is 3.48. The first kappa shape index (κ1) is 16.5. The van der Waals surface area contributed by atoms with E-state index in [1.54, 1.807) is 29.2 Å². The summed E-state index contributed by atoms with van der Waals surface area (Å²) in [6.45, 7) is 0.332. The van der Waals surface area contributed by atoms with E-state index in [4.69, 9.17) is 23.2 Å². The van der Waals surface area contributed by atoms with E-state index in [2.05, 4.69) is 9.99 Å². The van der Waals surface area contributed by atoms with Crippen LogP contribution in [0, 0.1) is 0 Å². The van der Waals surface area contributed by atoms with Gasteiger partial charge >= 0.3 is 5.97 Å². The summed E-state index contributed by atoms with van der Waals surface area (Å²) in [6, 6.07) is 14.4. The largest absolute Gasteiger partial charge is 0.349 e. The molecule has 0 spiro atoms. The molecular weight excluding hydrogens is 351 g/mol. The number of hydrogen-bond acceptors (Lipinski definition) is 4. The highest BCUT2D eigenvalue weighted by atomic mass is 35.5. The molecule has 0 atom stereocenters. The number of nitrogens with zero attached hydrogens (tertiary/aromatic N) is 2. The van der Waals surface area contributed by atoms with Crippen molar-refractivity contribution in [2.24, 2.45) is 5.16 Å². The molecule has 0 radical (unpaired) electrons. The Labute approximate surface area is 148 Å². The van der Waals surface area contributed by atoms with Gasteiger partial charge in [-0.05, 0) is 23.8 Å². The summed E-state index contributed by atoms with van der Waals surface area (Å²) in [5.74, 6) is -1.40. The van der Waals surface area contributed by atoms with E-state index in [0.29, 0.717) is 22.8 Å². The summed E-state index contributed by atoms with van der Waals surface area (Å²) in [5.41, 5.74) is 2.26. The fraction of sp³-hybridized carbons (Fsp3) is 0.118. The molecule has 2 aromatic rings. The molecule has 0 fully saturated rings. The molecule has 0 bridgehead atoms. The normalized spacial score (nSPS) is 14.8. The molecule has 0 unspecified atom stereocenters. The second kappa shape index (κ2) is 7.03. The Morgan fingerprint density at radius 1 is 1.17 bits per heavy atom. The van der Waals surface area contributed by atoms with E-state index in [1.165, 1.54) is 0 Å². The molecule has 122 valence electrons. The van der Waals surface area contributed by atoms with Crippen LogP contribution in [0.15, 0.2) is 53.7 Å². The minimum atomic E-state index is -0.720. The van der Waals surface area contributed by atoms with Crippen LogP contribution in [0.1, 0.15) is 11.1 Å². The number of fused-ring (bicyclic) bond motifs is 1. The maximum absolute atomic E-state index is 12.7. The van der Waals surface area contributed by atoms with Crippen molar-refractivity contribution in [3.05, 3.63) is 64.7 Å². The van der Waals surface area contributed by atoms with E-state index < -0.39 is 5.97 Å². The molecule has 0 aliphatic carbocycles. The van der Waals surface area contributed by atoms with Gasteiger partial charge in [0.15, 0.2) is 5.71 Å². The number of hydrogen-bond donors (Lipinski definition) is 0. The minimum Gasteiger partial charge on any atom is -0.316 e. The van der Waals surface area contributed by atoms with E-state index in [0.717, 1.165) is 5.56 Å². The van der Waals surface area contributed by atoms with Gasteiger partial charge in [0, 0.05) is 10.6 Å². The summed E-state index contributed by atoms with van der Waals surface area (Å²) < 4.78 is 0. The number of halogens is 2. The first-order chi connectivity index (χ1) is 11.6. The lowest BCUT2D eigenvalue weighted by atomic mass is 10.1. The minimum absolute atomic E-state index is 0.0751. The molecular formula is C17H12Cl2N2O3. The zero-order chi connectivity index (χ0) is 17.1. The fourth-order valence-corrected chi connectivity index (χ4v) is 2.71. The van der Waals surface area contributed by atoms with Crippen molar-refractivity contribution in [3.8, 4) is 0 Å². The van der Waals surface area contributed by atoms with Crippen LogP contribution in [0.3, 0.4) is 0 Å². The molecule has 24 heavy (non-hydrogen) atoms. The fourth-order valence-electron chi connectivity index (χ4n) is 2.45. The van der Waals surface area contributed by atoms with Gasteiger partial charge in [0.25, 0.3) is 5.91 Å². The van der Waals surface area contributed by atoms with Crippen molar-refractivity contribution in [1.82, 2.24) is 0 Å². The van der Waals surface area contributed by atoms with Gasteiger partial charge < -0.3 is 9.74 Å². The van der Waals surface area contributed by atoms with Gasteiger partial charge in [-0.25, -0.2) is 4.79 Å². The molecule has 1 amide bonds. The lowest BCUT2D eigenvalue weighted by Gasteiger charge is -2.16. The van der Waals surface area contributed by atoms with Crippen molar-refractivity contribution in [3.63, 3.8) is 0 Å². The zero-order valence-corrected chi connectivity index (χ0v) is 13.9. The molecule has 1 heterocycles. The maximum Gasteiger partial charge on any atom is 0.349 e. The Balaban J connectivity index is 1.94. The van der Waals surface area contributed by atoms with Gasteiger partial charge in [-0.15, -0.1) is 11.6 Å². The number of amides is 1. The summed E-state index contributed by atoms with van der Waals surface area (Å²) in [7, 11) is 0. The Morgan fingerprint density at radius 2 is 1.96 bits per heavy atom. The highest BCUT2D eigenvalue weighted by molar-refractivity contribution is 6.54. The van der Waals surface area contributed by atoms with Crippen molar-refractivity contribution in [1.29, 1.82) is 0 Å². The average molecular weight is 363 g/mol. The SMILES string of the molecule is O=C(CCl)O/N=C1\C(=O)N(Cc2cccc(Cl)c2)c2ccccc21. The molecule has 7 heteroatoms. The maximum atomic E-state index is 12.7. The van der Waals surface area contributed by atoms with Gasteiger partial charge in [0.05, 0.1) is 12.2 Å². The van der Waals surface area contributed by atoms with Crippen LogP contribution in [0.25, 0.3) is 0 Å². The first-order valence-corrected chi connectivity index (χ1v) is 8.01. The predicted molar refractivity (Wildman–Crippen MR) is 92.4 cm³/mol. The van der Waals surface area contributed by atoms with Crippen LogP contribution in [0.4, 0.5) is 5.69 Å². The second-order valence-corrected chi connectivity index (χ2v) is 5.78. The Hall–Kier alpha value is -2.37. The van der Waals surface area contributed by atoms with Gasteiger partial charge in [-0.1, -0.05) is 47.1 Å². The van der Waals surface area contributed by atoms with Crippen LogP contribution in [0.5, 0.6) is 0 Å². The zero-order valence-electron chi connectivity index (χ0n) is 12.4. The average Bonchev–Trinajstić information content (AvgIpc) is 2.85. The molecule has 1 aliphatic rings. The van der Waals surface area contributed by atoms with E-state index in [-0.39, 0.29) is 17.5 Å². The second-order valence-electron chi connectivity index (χ2n) is 5.08. The number of rotatable bonds is 4. The van der Waals surface area contributed by atoms with Crippen molar-refractivity contribution >= 4 is 46.5 Å². The molecule has 2 aromatic carbocycles. The lowest BCUT2D eigenvalue weighted by Crippen LogP contribution is -2.29. The van der Waals surface area contributed by atoms with Crippen LogP contribution in [-0.4, -0.2) is 23.5 Å². The monoisotopic (exact) mass is 362 g/mol. The Kier molecular flexibility index (Phi) is 4.83. The third kappa shape index (κ3) is 3.27. The smallest absolute Gasteiger partial charge is 0.316 e. The third-order valence-corrected chi connectivity index (χ3v) is 3.93. The standard InChI is InChI=1S/C17H12Cl2N2O3/c18-9-15(22)24-20-16-13-6-1-2-7-14(13)21(17(16)23)10-11-4-3-5-12(19)8-11/h1-8H,9-10H2/b20-16-. The highest BCUT2D eigenvalue weighted by Gasteiger charge is 2.34. The molecule has 0 aromatic heterocycles. The number of alkyl halides is 1. The lowest BCUT2D eigenvalue weighted by molar-refractivity contribution is -0.140. The van der Waals surface area contributed by atoms with Crippen LogP contribution in [0.2, 0.25) is 5.02 Å². The van der Waals surface area contributed by atoms with Gasteiger partial charge in [-0.2, -0.15) is 0 Å². The molecule has 0 saturated heterocycles. The predicted octanol–water partition coefficient (Wildman–Crippen LogP) is 3.37. The van der Waals surface area contributed by atoms with Crippen LogP contribution >= 0.6 is 23.2 Å². The molecule has 1 aliphatic heterocycles. The summed E-state index contributed by atoms with van der Waals surface area (Å²) in [5, 5.41) is 4.29. The summed E-state index contributed by atoms with van der Waals surface area (Å²) in [4.78, 5) is 30.1. The number of oxime groups is 1. The number of para-hydroxylation sites is 1. The quantitative estimate of drug-likeness (QED) is 0.475.